The van der Waals surface area contributed by atoms with E-state index in [4.69, 9.17) is 4.74 Å². The molecule has 0 radical (unpaired) electrons. The van der Waals surface area contributed by atoms with Crippen molar-refractivity contribution in [3.63, 3.8) is 0 Å². The molecule has 142 valence electrons. The van der Waals surface area contributed by atoms with E-state index in [1.54, 1.807) is 23.8 Å². The van der Waals surface area contributed by atoms with Gasteiger partial charge in [-0.25, -0.2) is 4.79 Å². The summed E-state index contributed by atoms with van der Waals surface area (Å²) in [5.74, 6) is -0.219. The largest absolute Gasteiger partial charge is 0.450 e. The highest BCUT2D eigenvalue weighted by atomic mass is 16.6. The lowest BCUT2D eigenvalue weighted by Crippen LogP contribution is -2.41. The van der Waals surface area contributed by atoms with Crippen LogP contribution in [-0.2, 0) is 20.9 Å². The molecule has 0 spiro atoms. The van der Waals surface area contributed by atoms with Crippen LogP contribution in [0.25, 0.3) is 0 Å². The molecule has 26 heavy (non-hydrogen) atoms. The van der Waals surface area contributed by atoms with Crippen molar-refractivity contribution in [1.29, 1.82) is 0 Å². The van der Waals surface area contributed by atoms with Crippen LogP contribution < -0.4 is 5.32 Å². The van der Waals surface area contributed by atoms with Crippen molar-refractivity contribution >= 4 is 23.6 Å². The molecule has 1 heterocycles. The molecule has 1 N–H and O–H groups in total. The molecule has 0 atom stereocenters. The van der Waals surface area contributed by atoms with Gasteiger partial charge in [0.25, 0.3) is 0 Å². The molecule has 1 saturated heterocycles. The highest BCUT2D eigenvalue weighted by Crippen LogP contribution is 2.22. The minimum absolute atomic E-state index is 0.0301. The number of hydrogen-bond acceptors (Lipinski definition) is 4. The van der Waals surface area contributed by atoms with Crippen molar-refractivity contribution < 1.29 is 19.1 Å². The molecule has 3 amide bonds. The number of hydrogen-bond donors (Lipinski definition) is 1. The second-order valence-electron chi connectivity index (χ2n) is 6.48. The summed E-state index contributed by atoms with van der Waals surface area (Å²) in [5, 5.41) is 2.98. The molecule has 1 aromatic carbocycles. The van der Waals surface area contributed by atoms with E-state index in [1.807, 2.05) is 24.3 Å². The highest BCUT2D eigenvalue weighted by Gasteiger charge is 2.28. The molecule has 7 heteroatoms. The smallest absolute Gasteiger partial charge is 0.409 e. The lowest BCUT2D eigenvalue weighted by molar-refractivity contribution is -0.128. The molecular formula is C19H27N3O4. The first-order chi connectivity index (χ1) is 12.4. The minimum Gasteiger partial charge on any atom is -0.450 e. The van der Waals surface area contributed by atoms with Crippen LogP contribution in [0.5, 0.6) is 0 Å². The summed E-state index contributed by atoms with van der Waals surface area (Å²) in [6.07, 6.45) is 0.907. The van der Waals surface area contributed by atoms with Crippen molar-refractivity contribution in [2.24, 2.45) is 5.92 Å². The number of likely N-dealkylation sites (tertiary alicyclic amines) is 1. The zero-order valence-corrected chi connectivity index (χ0v) is 15.7. The Kier molecular flexibility index (Phi) is 7.00. The summed E-state index contributed by atoms with van der Waals surface area (Å²) in [6, 6.07) is 7.49. The van der Waals surface area contributed by atoms with Crippen LogP contribution >= 0.6 is 0 Å². The number of anilines is 1. The van der Waals surface area contributed by atoms with E-state index in [1.165, 1.54) is 6.92 Å². The van der Waals surface area contributed by atoms with E-state index >= 15 is 0 Å². The number of ether oxygens (including phenoxy) is 1. The summed E-state index contributed by atoms with van der Waals surface area (Å²) in [5.41, 5.74) is 1.61. The third-order valence-corrected chi connectivity index (χ3v) is 4.61. The van der Waals surface area contributed by atoms with Gasteiger partial charge in [0, 0.05) is 45.2 Å². The SMILES string of the molecule is CCOC(=O)N1CCC(C(=O)Nc2ccccc2CN(C)C(C)=O)CC1. The number of piperidine rings is 1. The molecule has 0 aliphatic carbocycles. The average molecular weight is 361 g/mol. The van der Waals surface area contributed by atoms with Gasteiger partial charge in [0.05, 0.1) is 6.61 Å². The number of nitrogens with one attached hydrogen (secondary N) is 1. The topological polar surface area (TPSA) is 79.0 Å². The van der Waals surface area contributed by atoms with Gasteiger partial charge in [0.1, 0.15) is 0 Å². The maximum Gasteiger partial charge on any atom is 0.409 e. The van der Waals surface area contributed by atoms with Crippen molar-refractivity contribution in [3.8, 4) is 0 Å². The van der Waals surface area contributed by atoms with Crippen LogP contribution in [0, 0.1) is 5.92 Å². The fraction of sp³-hybridized carbons (Fsp3) is 0.526. The molecule has 0 saturated carbocycles. The standard InChI is InChI=1S/C19H27N3O4/c1-4-26-19(25)22-11-9-15(10-12-22)18(24)20-17-8-6-5-7-16(17)13-21(3)14(2)23/h5-8,15H,4,9-13H2,1-3H3,(H,20,24). The van der Waals surface area contributed by atoms with Crippen LogP contribution in [-0.4, -0.2) is 54.5 Å². The van der Waals surface area contributed by atoms with E-state index in [0.29, 0.717) is 39.1 Å². The third-order valence-electron chi connectivity index (χ3n) is 4.61. The second kappa shape index (κ2) is 9.22. The molecular weight excluding hydrogens is 334 g/mol. The van der Waals surface area contributed by atoms with E-state index < -0.39 is 0 Å². The van der Waals surface area contributed by atoms with Gasteiger partial charge in [-0.3, -0.25) is 9.59 Å². The van der Waals surface area contributed by atoms with E-state index in [2.05, 4.69) is 5.32 Å². The summed E-state index contributed by atoms with van der Waals surface area (Å²) in [6.45, 7) is 5.12. The number of carbonyl (C=O) groups is 3. The van der Waals surface area contributed by atoms with Crippen molar-refractivity contribution in [2.75, 3.05) is 32.1 Å². The van der Waals surface area contributed by atoms with Gasteiger partial charge in [-0.2, -0.15) is 0 Å². The van der Waals surface area contributed by atoms with Crippen LogP contribution in [0.15, 0.2) is 24.3 Å². The van der Waals surface area contributed by atoms with Crippen LogP contribution in [0.2, 0.25) is 0 Å². The van der Waals surface area contributed by atoms with Gasteiger partial charge in [0.2, 0.25) is 11.8 Å². The van der Waals surface area contributed by atoms with Crippen molar-refractivity contribution in [2.45, 2.75) is 33.2 Å². The summed E-state index contributed by atoms with van der Waals surface area (Å²) in [4.78, 5) is 39.1. The lowest BCUT2D eigenvalue weighted by Gasteiger charge is -2.30. The summed E-state index contributed by atoms with van der Waals surface area (Å²) in [7, 11) is 1.73. The first-order valence-electron chi connectivity index (χ1n) is 8.94. The first kappa shape index (κ1) is 19.8. The fourth-order valence-corrected chi connectivity index (χ4v) is 2.92. The van der Waals surface area contributed by atoms with E-state index in [9.17, 15) is 14.4 Å². The lowest BCUT2D eigenvalue weighted by atomic mass is 9.96. The number of benzene rings is 1. The Morgan fingerprint density at radius 1 is 1.23 bits per heavy atom. The number of rotatable bonds is 5. The Bertz CT molecular complexity index is 654. The van der Waals surface area contributed by atoms with Crippen LogP contribution in [0.3, 0.4) is 0 Å². The van der Waals surface area contributed by atoms with Gasteiger partial charge in [-0.15, -0.1) is 0 Å². The Hall–Kier alpha value is -2.57. The molecule has 1 aliphatic rings. The van der Waals surface area contributed by atoms with Gasteiger partial charge in [-0.1, -0.05) is 18.2 Å². The van der Waals surface area contributed by atoms with Gasteiger partial charge >= 0.3 is 6.09 Å². The highest BCUT2D eigenvalue weighted by molar-refractivity contribution is 5.93. The number of amides is 3. The quantitative estimate of drug-likeness (QED) is 0.874. The maximum atomic E-state index is 12.6. The Morgan fingerprint density at radius 2 is 1.88 bits per heavy atom. The zero-order chi connectivity index (χ0) is 19.1. The number of carbonyl (C=O) groups excluding carboxylic acids is 3. The van der Waals surface area contributed by atoms with Crippen molar-refractivity contribution in [1.82, 2.24) is 9.80 Å². The Morgan fingerprint density at radius 3 is 2.50 bits per heavy atom. The monoisotopic (exact) mass is 361 g/mol. The third kappa shape index (κ3) is 5.21. The van der Waals surface area contributed by atoms with E-state index in [-0.39, 0.29) is 23.8 Å². The minimum atomic E-state index is -0.316. The molecule has 0 bridgehead atoms. The molecule has 1 fully saturated rings. The second-order valence-corrected chi connectivity index (χ2v) is 6.48. The van der Waals surface area contributed by atoms with E-state index in [0.717, 1.165) is 11.3 Å². The summed E-state index contributed by atoms with van der Waals surface area (Å²) < 4.78 is 5.00. The predicted octanol–water partition coefficient (Wildman–Crippen LogP) is 2.47. The average Bonchev–Trinajstić information content (AvgIpc) is 2.63. The Labute approximate surface area is 154 Å². The van der Waals surface area contributed by atoms with Crippen LogP contribution in [0.4, 0.5) is 10.5 Å². The van der Waals surface area contributed by atoms with Crippen molar-refractivity contribution in [3.05, 3.63) is 29.8 Å². The normalized spacial score (nSPS) is 14.7. The number of para-hydroxylation sites is 1. The summed E-state index contributed by atoms with van der Waals surface area (Å²) >= 11 is 0. The first-order valence-corrected chi connectivity index (χ1v) is 8.94. The molecule has 1 aromatic rings. The zero-order valence-electron chi connectivity index (χ0n) is 15.7. The molecule has 0 unspecified atom stereocenters. The van der Waals surface area contributed by atoms with Crippen LogP contribution in [0.1, 0.15) is 32.3 Å². The van der Waals surface area contributed by atoms with Gasteiger partial charge < -0.3 is 19.9 Å². The van der Waals surface area contributed by atoms with Gasteiger partial charge in [0.15, 0.2) is 0 Å². The van der Waals surface area contributed by atoms with Gasteiger partial charge in [-0.05, 0) is 31.4 Å². The fourth-order valence-electron chi connectivity index (χ4n) is 2.92. The molecule has 2 rings (SSSR count). The Balaban J connectivity index is 1.94. The predicted molar refractivity (Wildman–Crippen MR) is 98.5 cm³/mol. The number of nitrogens with zero attached hydrogens (tertiary/aromatic N) is 2. The maximum absolute atomic E-state index is 12.6. The molecule has 0 aromatic heterocycles. The molecule has 7 nitrogen and oxygen atoms in total. The molecule has 1 aliphatic heterocycles.